The van der Waals surface area contributed by atoms with E-state index >= 15 is 0 Å². The van der Waals surface area contributed by atoms with Crippen molar-refractivity contribution in [2.75, 3.05) is 14.2 Å². The van der Waals surface area contributed by atoms with Crippen molar-refractivity contribution in [3.05, 3.63) is 0 Å². The molecule has 0 N–H and O–H groups in total. The smallest absolute Gasteiger partial charge is 0.305 e. The molecule has 1 aliphatic rings. The molecule has 0 unspecified atom stereocenters. The first kappa shape index (κ1) is 11.5. The van der Waals surface area contributed by atoms with Crippen molar-refractivity contribution in [2.24, 2.45) is 5.92 Å². The maximum Gasteiger partial charge on any atom is 0.305 e. The molecule has 3 heteroatoms. The molecular formula is C11H20O3. The lowest BCUT2D eigenvalue weighted by molar-refractivity contribution is -0.142. The number of methoxy groups -OCH3 is 2. The first-order valence-corrected chi connectivity index (χ1v) is 5.21. The van der Waals surface area contributed by atoms with E-state index < -0.39 is 0 Å². The molecule has 0 bridgehead atoms. The maximum atomic E-state index is 11.1. The zero-order valence-corrected chi connectivity index (χ0v) is 9.34. The van der Waals surface area contributed by atoms with Gasteiger partial charge in [0.2, 0.25) is 0 Å². The van der Waals surface area contributed by atoms with E-state index in [4.69, 9.17) is 4.74 Å². The Labute approximate surface area is 85.8 Å². The van der Waals surface area contributed by atoms with Gasteiger partial charge >= 0.3 is 5.97 Å². The molecule has 1 fully saturated rings. The van der Waals surface area contributed by atoms with Crippen molar-refractivity contribution in [3.63, 3.8) is 0 Å². The molecule has 0 spiro atoms. The van der Waals surface area contributed by atoms with Gasteiger partial charge in [-0.15, -0.1) is 0 Å². The first-order chi connectivity index (χ1) is 6.59. The van der Waals surface area contributed by atoms with E-state index in [0.717, 1.165) is 25.7 Å². The molecule has 0 aromatic carbocycles. The Hall–Kier alpha value is -0.570. The van der Waals surface area contributed by atoms with Crippen LogP contribution in [0.3, 0.4) is 0 Å². The Morgan fingerprint density at radius 3 is 2.36 bits per heavy atom. The number of ether oxygens (including phenoxy) is 2. The van der Waals surface area contributed by atoms with Gasteiger partial charge in [0, 0.05) is 13.5 Å². The average Bonchev–Trinajstić information content (AvgIpc) is 2.21. The van der Waals surface area contributed by atoms with Gasteiger partial charge < -0.3 is 9.47 Å². The molecule has 1 saturated carbocycles. The van der Waals surface area contributed by atoms with Crippen LogP contribution in [0, 0.1) is 5.92 Å². The highest BCUT2D eigenvalue weighted by molar-refractivity contribution is 5.69. The van der Waals surface area contributed by atoms with Gasteiger partial charge in [-0.05, 0) is 38.5 Å². The van der Waals surface area contributed by atoms with Gasteiger partial charge in [0.1, 0.15) is 0 Å². The molecule has 0 atom stereocenters. The molecule has 0 saturated heterocycles. The van der Waals surface area contributed by atoms with E-state index in [-0.39, 0.29) is 11.6 Å². The third-order valence-electron chi connectivity index (χ3n) is 3.34. The van der Waals surface area contributed by atoms with Gasteiger partial charge in [0.05, 0.1) is 12.7 Å². The minimum atomic E-state index is -0.0870. The first-order valence-electron chi connectivity index (χ1n) is 5.21. The number of hydrogen-bond acceptors (Lipinski definition) is 3. The third-order valence-corrected chi connectivity index (χ3v) is 3.34. The van der Waals surface area contributed by atoms with E-state index in [2.05, 4.69) is 11.7 Å². The second-order valence-electron chi connectivity index (χ2n) is 4.38. The summed E-state index contributed by atoms with van der Waals surface area (Å²) in [5.74, 6) is 0.404. The fraction of sp³-hybridized carbons (Fsp3) is 0.909. The highest BCUT2D eigenvalue weighted by atomic mass is 16.5. The largest absolute Gasteiger partial charge is 0.469 e. The lowest BCUT2D eigenvalue weighted by Gasteiger charge is -2.35. The van der Waals surface area contributed by atoms with Gasteiger partial charge in [0.15, 0.2) is 0 Å². The summed E-state index contributed by atoms with van der Waals surface area (Å²) in [5, 5.41) is 0. The monoisotopic (exact) mass is 200 g/mol. The Kier molecular flexibility index (Phi) is 3.93. The third kappa shape index (κ3) is 2.98. The molecular weight excluding hydrogens is 180 g/mol. The number of carbonyl (C=O) groups excluding carboxylic acids is 1. The van der Waals surface area contributed by atoms with Crippen LogP contribution in [0.5, 0.6) is 0 Å². The molecule has 1 aliphatic carbocycles. The fourth-order valence-electron chi connectivity index (χ4n) is 2.02. The molecule has 0 amide bonds. The standard InChI is InChI=1S/C11H20O3/c1-11(14-3)6-4-9(5-7-11)8-10(12)13-2/h9H,4-8H2,1-3H3. The lowest BCUT2D eigenvalue weighted by atomic mass is 9.78. The predicted molar refractivity (Wildman–Crippen MR) is 54.0 cm³/mol. The lowest BCUT2D eigenvalue weighted by Crippen LogP contribution is -2.33. The van der Waals surface area contributed by atoms with Gasteiger partial charge in [-0.3, -0.25) is 4.79 Å². The van der Waals surface area contributed by atoms with Gasteiger partial charge in [-0.25, -0.2) is 0 Å². The van der Waals surface area contributed by atoms with Crippen LogP contribution in [0.15, 0.2) is 0 Å². The van der Waals surface area contributed by atoms with Gasteiger partial charge in [-0.1, -0.05) is 0 Å². The van der Waals surface area contributed by atoms with E-state index in [9.17, 15) is 4.79 Å². The molecule has 0 aromatic heterocycles. The summed E-state index contributed by atoms with van der Waals surface area (Å²) < 4.78 is 10.1. The molecule has 0 heterocycles. The Morgan fingerprint density at radius 1 is 1.36 bits per heavy atom. The minimum Gasteiger partial charge on any atom is -0.469 e. The Balaban J connectivity index is 2.32. The predicted octanol–water partition coefficient (Wildman–Crippen LogP) is 2.14. The quantitative estimate of drug-likeness (QED) is 0.655. The molecule has 14 heavy (non-hydrogen) atoms. The van der Waals surface area contributed by atoms with Crippen LogP contribution in [0.1, 0.15) is 39.0 Å². The van der Waals surface area contributed by atoms with Crippen molar-refractivity contribution in [1.29, 1.82) is 0 Å². The number of rotatable bonds is 3. The van der Waals surface area contributed by atoms with Crippen LogP contribution in [0.4, 0.5) is 0 Å². The van der Waals surface area contributed by atoms with E-state index in [1.807, 2.05) is 0 Å². The number of carbonyl (C=O) groups is 1. The summed E-state index contributed by atoms with van der Waals surface area (Å²) in [6.45, 7) is 2.14. The summed E-state index contributed by atoms with van der Waals surface area (Å²) in [5.41, 5.74) is 0.0343. The minimum absolute atomic E-state index is 0.0343. The van der Waals surface area contributed by atoms with Gasteiger partial charge in [-0.2, -0.15) is 0 Å². The van der Waals surface area contributed by atoms with Crippen LogP contribution in [0.25, 0.3) is 0 Å². The van der Waals surface area contributed by atoms with Crippen LogP contribution < -0.4 is 0 Å². The maximum absolute atomic E-state index is 11.1. The summed E-state index contributed by atoms with van der Waals surface area (Å²) in [6, 6.07) is 0. The second-order valence-corrected chi connectivity index (χ2v) is 4.38. The van der Waals surface area contributed by atoms with Crippen molar-refractivity contribution in [3.8, 4) is 0 Å². The molecule has 82 valence electrons. The molecule has 3 nitrogen and oxygen atoms in total. The molecule has 1 rings (SSSR count). The highest BCUT2D eigenvalue weighted by Gasteiger charge is 2.31. The second kappa shape index (κ2) is 4.78. The Bertz CT molecular complexity index is 193. The van der Waals surface area contributed by atoms with Crippen molar-refractivity contribution in [1.82, 2.24) is 0 Å². The van der Waals surface area contributed by atoms with Crippen LogP contribution >= 0.6 is 0 Å². The highest BCUT2D eigenvalue weighted by Crippen LogP contribution is 2.35. The van der Waals surface area contributed by atoms with Crippen LogP contribution in [-0.2, 0) is 14.3 Å². The zero-order valence-electron chi connectivity index (χ0n) is 9.34. The molecule has 0 aromatic rings. The normalized spacial score (nSPS) is 32.6. The SMILES string of the molecule is COC(=O)CC1CCC(C)(OC)CC1. The Morgan fingerprint density at radius 2 is 1.93 bits per heavy atom. The summed E-state index contributed by atoms with van der Waals surface area (Å²) in [7, 11) is 3.21. The fourth-order valence-corrected chi connectivity index (χ4v) is 2.02. The summed E-state index contributed by atoms with van der Waals surface area (Å²) in [6.07, 6.45) is 4.80. The van der Waals surface area contributed by atoms with E-state index in [1.165, 1.54) is 7.11 Å². The van der Waals surface area contributed by atoms with Crippen molar-refractivity contribution in [2.45, 2.75) is 44.6 Å². The van der Waals surface area contributed by atoms with Crippen molar-refractivity contribution < 1.29 is 14.3 Å². The zero-order chi connectivity index (χ0) is 10.6. The number of esters is 1. The molecule has 0 radical (unpaired) electrons. The summed E-state index contributed by atoms with van der Waals surface area (Å²) in [4.78, 5) is 11.1. The average molecular weight is 200 g/mol. The number of hydrogen-bond donors (Lipinski definition) is 0. The van der Waals surface area contributed by atoms with Crippen LogP contribution in [-0.4, -0.2) is 25.8 Å². The van der Waals surface area contributed by atoms with E-state index in [0.29, 0.717) is 12.3 Å². The molecule has 0 aliphatic heterocycles. The van der Waals surface area contributed by atoms with Crippen LogP contribution in [0.2, 0.25) is 0 Å². The van der Waals surface area contributed by atoms with Gasteiger partial charge in [0.25, 0.3) is 0 Å². The topological polar surface area (TPSA) is 35.5 Å². The summed E-state index contributed by atoms with van der Waals surface area (Å²) >= 11 is 0. The van der Waals surface area contributed by atoms with Crippen molar-refractivity contribution >= 4 is 5.97 Å². The van der Waals surface area contributed by atoms with E-state index in [1.54, 1.807) is 7.11 Å².